The Morgan fingerprint density at radius 3 is 3.00 bits per heavy atom. The smallest absolute Gasteiger partial charge is 0.409 e. The van der Waals surface area contributed by atoms with E-state index >= 15 is 0 Å². The van der Waals surface area contributed by atoms with E-state index in [4.69, 9.17) is 0 Å². The molecule has 1 saturated heterocycles. The number of hydrogen-bond acceptors (Lipinski definition) is 3. The number of carbonyl (C=O) groups is 2. The fourth-order valence-electron chi connectivity index (χ4n) is 1.76. The Labute approximate surface area is 70.5 Å². The van der Waals surface area contributed by atoms with Gasteiger partial charge in [0.15, 0.2) is 5.78 Å². The van der Waals surface area contributed by atoms with Gasteiger partial charge in [0.05, 0.1) is 13.7 Å². The van der Waals surface area contributed by atoms with E-state index in [0.29, 0.717) is 12.5 Å². The minimum atomic E-state index is -0.381. The minimum Gasteiger partial charge on any atom is -0.453 e. The predicted octanol–water partition coefficient (Wildman–Crippen LogP) is 0.274. The largest absolute Gasteiger partial charge is 0.453 e. The predicted molar refractivity (Wildman–Crippen MR) is 40.6 cm³/mol. The van der Waals surface area contributed by atoms with Crippen LogP contribution in [0.15, 0.2) is 0 Å². The SMILES string of the molecule is COC(=O)N1CC(=O)C2CC2C1. The number of methoxy groups -OCH3 is 1. The first-order valence-corrected chi connectivity index (χ1v) is 4.08. The molecule has 4 nitrogen and oxygen atoms in total. The van der Waals surface area contributed by atoms with Gasteiger partial charge in [-0.2, -0.15) is 0 Å². The third-order valence-corrected chi connectivity index (χ3v) is 2.57. The zero-order chi connectivity index (χ0) is 8.72. The molecule has 0 aromatic rings. The van der Waals surface area contributed by atoms with Crippen LogP contribution >= 0.6 is 0 Å². The number of likely N-dealkylation sites (tertiary alicyclic amines) is 1. The average molecular weight is 169 g/mol. The average Bonchev–Trinajstić information content (AvgIpc) is 2.82. The molecule has 0 aromatic heterocycles. The van der Waals surface area contributed by atoms with Crippen LogP contribution in [-0.2, 0) is 9.53 Å². The molecular weight excluding hydrogens is 158 g/mol. The minimum absolute atomic E-state index is 0.191. The van der Waals surface area contributed by atoms with Crippen LogP contribution in [0.3, 0.4) is 0 Å². The highest BCUT2D eigenvalue weighted by Gasteiger charge is 2.48. The van der Waals surface area contributed by atoms with Gasteiger partial charge in [0.2, 0.25) is 0 Å². The number of ether oxygens (including phenoxy) is 1. The van der Waals surface area contributed by atoms with Crippen molar-refractivity contribution in [3.63, 3.8) is 0 Å². The van der Waals surface area contributed by atoms with Gasteiger partial charge in [-0.1, -0.05) is 0 Å². The summed E-state index contributed by atoms with van der Waals surface area (Å²) in [7, 11) is 1.34. The van der Waals surface area contributed by atoms with Crippen LogP contribution in [-0.4, -0.2) is 37.0 Å². The van der Waals surface area contributed by atoms with E-state index < -0.39 is 0 Å². The summed E-state index contributed by atoms with van der Waals surface area (Å²) < 4.78 is 4.54. The van der Waals surface area contributed by atoms with E-state index in [1.165, 1.54) is 12.0 Å². The van der Waals surface area contributed by atoms with Gasteiger partial charge in [-0.25, -0.2) is 4.79 Å². The number of piperidine rings is 1. The fraction of sp³-hybridized carbons (Fsp3) is 0.750. The zero-order valence-corrected chi connectivity index (χ0v) is 6.95. The molecule has 12 heavy (non-hydrogen) atoms. The van der Waals surface area contributed by atoms with Gasteiger partial charge in [-0.15, -0.1) is 0 Å². The van der Waals surface area contributed by atoms with Crippen molar-refractivity contribution in [2.24, 2.45) is 11.8 Å². The standard InChI is InChI=1S/C8H11NO3/c1-12-8(11)9-3-5-2-6(5)7(10)4-9/h5-6H,2-4H2,1H3. The van der Waals surface area contributed by atoms with Gasteiger partial charge in [0, 0.05) is 12.5 Å². The third kappa shape index (κ3) is 1.07. The molecule has 0 N–H and O–H groups in total. The Kier molecular flexibility index (Phi) is 1.56. The second kappa shape index (κ2) is 2.47. The molecule has 0 bridgehead atoms. The van der Waals surface area contributed by atoms with Crippen molar-refractivity contribution in [1.29, 1.82) is 0 Å². The molecule has 2 rings (SSSR count). The molecule has 2 unspecified atom stereocenters. The lowest BCUT2D eigenvalue weighted by molar-refractivity contribution is -0.122. The molecule has 2 atom stereocenters. The molecule has 0 spiro atoms. The highest BCUT2D eigenvalue weighted by molar-refractivity contribution is 5.89. The molecule has 0 radical (unpaired) electrons. The number of amides is 1. The molecule has 1 heterocycles. The van der Waals surface area contributed by atoms with Crippen LogP contribution in [0.5, 0.6) is 0 Å². The van der Waals surface area contributed by atoms with Crippen LogP contribution in [0, 0.1) is 11.8 Å². The van der Waals surface area contributed by atoms with Gasteiger partial charge in [-0.05, 0) is 12.3 Å². The van der Waals surface area contributed by atoms with Crippen LogP contribution in [0.1, 0.15) is 6.42 Å². The lowest BCUT2D eigenvalue weighted by Gasteiger charge is -2.23. The molecular formula is C8H11NO3. The van der Waals surface area contributed by atoms with Crippen molar-refractivity contribution >= 4 is 11.9 Å². The second-order valence-corrected chi connectivity index (χ2v) is 3.42. The number of nitrogens with zero attached hydrogens (tertiary/aromatic N) is 1. The number of hydrogen-bond donors (Lipinski definition) is 0. The second-order valence-electron chi connectivity index (χ2n) is 3.42. The summed E-state index contributed by atoms with van der Waals surface area (Å²) in [5.74, 6) is 0.868. The van der Waals surface area contributed by atoms with Crippen LogP contribution in [0.4, 0.5) is 4.79 Å². The Hall–Kier alpha value is -1.06. The number of ketones is 1. The number of fused-ring (bicyclic) bond motifs is 1. The molecule has 1 saturated carbocycles. The van der Waals surface area contributed by atoms with Gasteiger partial charge >= 0.3 is 6.09 Å². The van der Waals surface area contributed by atoms with Crippen molar-refractivity contribution in [3.8, 4) is 0 Å². The van der Waals surface area contributed by atoms with Crippen molar-refractivity contribution < 1.29 is 14.3 Å². The topological polar surface area (TPSA) is 46.6 Å². The quantitative estimate of drug-likeness (QED) is 0.523. The normalized spacial score (nSPS) is 32.8. The van der Waals surface area contributed by atoms with Crippen molar-refractivity contribution in [3.05, 3.63) is 0 Å². The highest BCUT2D eigenvalue weighted by Crippen LogP contribution is 2.42. The first-order valence-electron chi connectivity index (χ1n) is 4.08. The molecule has 1 aliphatic heterocycles. The summed E-state index contributed by atoms with van der Waals surface area (Å²) in [5, 5.41) is 0. The van der Waals surface area contributed by atoms with Crippen LogP contribution in [0.25, 0.3) is 0 Å². The summed E-state index contributed by atoms with van der Waals surface area (Å²) in [6.45, 7) is 0.941. The summed E-state index contributed by atoms with van der Waals surface area (Å²) in [6.07, 6.45) is 0.584. The maximum atomic E-state index is 11.2. The van der Waals surface area contributed by atoms with Crippen molar-refractivity contribution in [2.45, 2.75) is 6.42 Å². The molecule has 2 fully saturated rings. The van der Waals surface area contributed by atoms with E-state index in [1.807, 2.05) is 0 Å². The molecule has 2 aliphatic rings. The lowest BCUT2D eigenvalue weighted by Crippen LogP contribution is -2.41. The van der Waals surface area contributed by atoms with E-state index in [0.717, 1.165) is 6.42 Å². The van der Waals surface area contributed by atoms with Crippen molar-refractivity contribution in [2.75, 3.05) is 20.2 Å². The number of carbonyl (C=O) groups excluding carboxylic acids is 2. The first kappa shape index (κ1) is 7.58. The molecule has 1 amide bonds. The van der Waals surface area contributed by atoms with Gasteiger partial charge in [0.25, 0.3) is 0 Å². The van der Waals surface area contributed by atoms with Crippen LogP contribution in [0.2, 0.25) is 0 Å². The van der Waals surface area contributed by atoms with Gasteiger partial charge in [0.1, 0.15) is 0 Å². The maximum Gasteiger partial charge on any atom is 0.409 e. The fourth-order valence-corrected chi connectivity index (χ4v) is 1.76. The molecule has 1 aliphatic carbocycles. The lowest BCUT2D eigenvalue weighted by atomic mass is 10.1. The van der Waals surface area contributed by atoms with Gasteiger partial charge in [-0.3, -0.25) is 4.79 Å². The van der Waals surface area contributed by atoms with E-state index in [-0.39, 0.29) is 24.3 Å². The van der Waals surface area contributed by atoms with E-state index in [1.54, 1.807) is 0 Å². The monoisotopic (exact) mass is 169 g/mol. The maximum absolute atomic E-state index is 11.2. The van der Waals surface area contributed by atoms with Crippen LogP contribution < -0.4 is 0 Å². The zero-order valence-electron chi connectivity index (χ0n) is 6.95. The third-order valence-electron chi connectivity index (χ3n) is 2.57. The first-order chi connectivity index (χ1) is 5.72. The highest BCUT2D eigenvalue weighted by atomic mass is 16.5. The Morgan fingerprint density at radius 1 is 1.67 bits per heavy atom. The Morgan fingerprint density at radius 2 is 2.42 bits per heavy atom. The molecule has 66 valence electrons. The van der Waals surface area contributed by atoms with Crippen molar-refractivity contribution in [1.82, 2.24) is 4.90 Å². The Bertz CT molecular complexity index is 238. The molecule has 4 heteroatoms. The number of Topliss-reactive ketones (excluding diaryl/α,β-unsaturated/α-hetero) is 1. The summed E-state index contributed by atoms with van der Waals surface area (Å²) in [5.41, 5.74) is 0. The number of rotatable bonds is 0. The van der Waals surface area contributed by atoms with Gasteiger partial charge < -0.3 is 9.64 Å². The summed E-state index contributed by atoms with van der Waals surface area (Å²) in [6, 6.07) is 0. The summed E-state index contributed by atoms with van der Waals surface area (Å²) >= 11 is 0. The molecule has 0 aromatic carbocycles. The van der Waals surface area contributed by atoms with E-state index in [2.05, 4.69) is 4.74 Å². The Balaban J connectivity index is 2.00. The summed E-state index contributed by atoms with van der Waals surface area (Å²) in [4.78, 5) is 23.7. The van der Waals surface area contributed by atoms with E-state index in [9.17, 15) is 9.59 Å².